The maximum absolute atomic E-state index is 13.4. The number of hydrogen-bond acceptors (Lipinski definition) is 5. The molecule has 32 heavy (non-hydrogen) atoms. The second kappa shape index (κ2) is 7.92. The van der Waals surface area contributed by atoms with Gasteiger partial charge in [-0.15, -0.1) is 0 Å². The number of nitrogens with one attached hydrogen (secondary N) is 1. The predicted octanol–water partition coefficient (Wildman–Crippen LogP) is 2.28. The summed E-state index contributed by atoms with van der Waals surface area (Å²) in [5, 5.41) is 0.969. The fraction of sp³-hybridized carbons (Fsp3) is 0.217. The predicted molar refractivity (Wildman–Crippen MR) is 117 cm³/mol. The largest absolute Gasteiger partial charge is 0.368 e. The quantitative estimate of drug-likeness (QED) is 0.645. The molecule has 2 aliphatic rings. The molecule has 0 aliphatic carbocycles. The molecular formula is C23H21FN6O2. The Morgan fingerprint density at radius 2 is 2.00 bits per heavy atom. The van der Waals surface area contributed by atoms with Gasteiger partial charge in [0.2, 0.25) is 11.8 Å². The van der Waals surface area contributed by atoms with Crippen molar-refractivity contribution in [3.8, 4) is 0 Å². The molecule has 4 heterocycles. The highest BCUT2D eigenvalue weighted by Crippen LogP contribution is 2.31. The summed E-state index contributed by atoms with van der Waals surface area (Å²) in [7, 11) is 0. The number of aliphatic imine (C=N–C) groups is 1. The van der Waals surface area contributed by atoms with E-state index in [1.165, 1.54) is 12.1 Å². The number of aromatic amines is 1. The van der Waals surface area contributed by atoms with Gasteiger partial charge < -0.3 is 20.5 Å². The molecule has 0 saturated heterocycles. The second-order valence-corrected chi connectivity index (χ2v) is 7.90. The first-order valence-electron chi connectivity index (χ1n) is 10.3. The zero-order valence-corrected chi connectivity index (χ0v) is 17.2. The summed E-state index contributed by atoms with van der Waals surface area (Å²) < 4.78 is 13.4. The minimum Gasteiger partial charge on any atom is -0.368 e. The summed E-state index contributed by atoms with van der Waals surface area (Å²) in [4.78, 5) is 40.3. The lowest BCUT2D eigenvalue weighted by atomic mass is 10.0. The lowest BCUT2D eigenvalue weighted by molar-refractivity contribution is -0.130. The van der Waals surface area contributed by atoms with Gasteiger partial charge in [-0.2, -0.15) is 0 Å². The number of aromatic nitrogens is 2. The van der Waals surface area contributed by atoms with E-state index < -0.39 is 5.91 Å². The number of primary amides is 1. The van der Waals surface area contributed by atoms with E-state index in [2.05, 4.69) is 9.97 Å². The molecule has 0 fully saturated rings. The van der Waals surface area contributed by atoms with Gasteiger partial charge in [-0.05, 0) is 36.4 Å². The van der Waals surface area contributed by atoms with Gasteiger partial charge in [0.25, 0.3) is 0 Å². The molecule has 0 radical (unpaired) electrons. The molecule has 5 rings (SSSR count). The van der Waals surface area contributed by atoms with Crippen LogP contribution < -0.4 is 5.73 Å². The number of nitrogens with zero attached hydrogens (tertiary/aromatic N) is 4. The van der Waals surface area contributed by atoms with Gasteiger partial charge >= 0.3 is 0 Å². The van der Waals surface area contributed by atoms with Crippen LogP contribution in [0.15, 0.2) is 65.2 Å². The molecule has 0 saturated carbocycles. The van der Waals surface area contributed by atoms with Gasteiger partial charge in [0.05, 0.1) is 31.0 Å². The molecule has 2 amide bonds. The van der Waals surface area contributed by atoms with E-state index in [0.717, 1.165) is 28.0 Å². The number of fused-ring (bicyclic) bond motifs is 1. The van der Waals surface area contributed by atoms with Crippen molar-refractivity contribution in [3.63, 3.8) is 0 Å². The van der Waals surface area contributed by atoms with Crippen LogP contribution in [-0.2, 0) is 16.1 Å². The maximum Gasteiger partial charge on any atom is 0.237 e. The van der Waals surface area contributed by atoms with E-state index in [1.54, 1.807) is 34.3 Å². The lowest BCUT2D eigenvalue weighted by Gasteiger charge is -2.38. The van der Waals surface area contributed by atoms with E-state index in [4.69, 9.17) is 10.7 Å². The minimum absolute atomic E-state index is 0.0000108. The van der Waals surface area contributed by atoms with Gasteiger partial charge in [0, 0.05) is 47.4 Å². The smallest absolute Gasteiger partial charge is 0.237 e. The third kappa shape index (κ3) is 3.73. The Labute approximate surface area is 183 Å². The SMILES string of the molecule is NC(=O)CN1CC2=C(CCC(=O)N2Cc2cc3cnccc3[nH]2)N=C1c1ccc(F)cc1. The molecule has 9 heteroatoms. The summed E-state index contributed by atoms with van der Waals surface area (Å²) in [6.45, 7) is 0.604. The zero-order chi connectivity index (χ0) is 22.2. The van der Waals surface area contributed by atoms with Crippen LogP contribution in [0.25, 0.3) is 10.9 Å². The molecule has 0 unspecified atom stereocenters. The van der Waals surface area contributed by atoms with Crippen molar-refractivity contribution in [3.05, 3.63) is 77.3 Å². The highest BCUT2D eigenvalue weighted by Gasteiger charge is 2.33. The van der Waals surface area contributed by atoms with Crippen LogP contribution in [0.1, 0.15) is 24.1 Å². The third-order valence-electron chi connectivity index (χ3n) is 5.67. The molecule has 3 N–H and O–H groups in total. The van der Waals surface area contributed by atoms with Crippen molar-refractivity contribution in [1.82, 2.24) is 19.8 Å². The fourth-order valence-corrected chi connectivity index (χ4v) is 4.20. The summed E-state index contributed by atoms with van der Waals surface area (Å²) in [5.74, 6) is -0.316. The number of carbonyl (C=O) groups is 2. The number of pyridine rings is 1. The average Bonchev–Trinajstić information content (AvgIpc) is 3.18. The fourth-order valence-electron chi connectivity index (χ4n) is 4.20. The van der Waals surface area contributed by atoms with Gasteiger partial charge in [-0.25, -0.2) is 9.38 Å². The molecule has 162 valence electrons. The van der Waals surface area contributed by atoms with E-state index in [1.807, 2.05) is 12.1 Å². The Morgan fingerprint density at radius 3 is 2.75 bits per heavy atom. The Bertz CT molecular complexity index is 1240. The van der Waals surface area contributed by atoms with Crippen molar-refractivity contribution >= 4 is 28.6 Å². The number of amidine groups is 1. The third-order valence-corrected chi connectivity index (χ3v) is 5.67. The number of hydrogen-bond donors (Lipinski definition) is 2. The molecule has 3 aromatic rings. The molecule has 1 aromatic carbocycles. The van der Waals surface area contributed by atoms with Crippen LogP contribution in [0.2, 0.25) is 0 Å². The van der Waals surface area contributed by atoms with Gasteiger partial charge in [0.15, 0.2) is 0 Å². The number of nitrogens with two attached hydrogens (primary N) is 1. The molecule has 0 spiro atoms. The highest BCUT2D eigenvalue weighted by molar-refractivity contribution is 6.02. The molecule has 2 aliphatic heterocycles. The monoisotopic (exact) mass is 432 g/mol. The number of benzene rings is 1. The topological polar surface area (TPSA) is 108 Å². The van der Waals surface area contributed by atoms with Crippen molar-refractivity contribution in [2.75, 3.05) is 13.1 Å². The number of allylic oxidation sites excluding steroid dienone is 1. The van der Waals surface area contributed by atoms with Crippen LogP contribution in [0, 0.1) is 5.82 Å². The highest BCUT2D eigenvalue weighted by atomic mass is 19.1. The van der Waals surface area contributed by atoms with E-state index in [9.17, 15) is 14.0 Å². The van der Waals surface area contributed by atoms with E-state index in [-0.39, 0.29) is 18.3 Å². The summed E-state index contributed by atoms with van der Waals surface area (Å²) >= 11 is 0. The average molecular weight is 432 g/mol. The molecule has 2 aromatic heterocycles. The number of carbonyl (C=O) groups excluding carboxylic acids is 2. The van der Waals surface area contributed by atoms with Crippen molar-refractivity contribution in [1.29, 1.82) is 0 Å². The summed E-state index contributed by atoms with van der Waals surface area (Å²) in [5.41, 5.74) is 9.54. The number of H-pyrrole nitrogens is 1. The standard InChI is InChI=1S/C23H21FN6O2/c24-16-3-1-14(2-4-16)23-28-19-5-6-22(32)30(20(19)12-29(23)13-21(25)31)11-17-9-15-10-26-8-7-18(15)27-17/h1-4,7-10,27H,5-6,11-13H2,(H2,25,31). The van der Waals surface area contributed by atoms with Crippen LogP contribution in [-0.4, -0.2) is 50.5 Å². The number of amides is 2. The Hall–Kier alpha value is -4.01. The van der Waals surface area contributed by atoms with Crippen molar-refractivity contribution in [2.24, 2.45) is 10.7 Å². The molecular weight excluding hydrogens is 411 g/mol. The Morgan fingerprint density at radius 1 is 1.19 bits per heavy atom. The minimum atomic E-state index is -0.513. The lowest BCUT2D eigenvalue weighted by Crippen LogP contribution is -2.47. The summed E-state index contributed by atoms with van der Waals surface area (Å²) in [6.07, 6.45) is 4.34. The normalized spacial score (nSPS) is 16.4. The zero-order valence-electron chi connectivity index (χ0n) is 17.2. The van der Waals surface area contributed by atoms with Gasteiger partial charge in [0.1, 0.15) is 11.7 Å². The molecule has 0 atom stereocenters. The Kier molecular flexibility index (Phi) is 4.93. The molecule has 0 bridgehead atoms. The van der Waals surface area contributed by atoms with Crippen LogP contribution in [0.4, 0.5) is 4.39 Å². The van der Waals surface area contributed by atoms with Crippen LogP contribution >= 0.6 is 0 Å². The number of halogens is 1. The number of rotatable bonds is 5. The van der Waals surface area contributed by atoms with Gasteiger partial charge in [-0.1, -0.05) is 0 Å². The molecule has 8 nitrogen and oxygen atoms in total. The van der Waals surface area contributed by atoms with E-state index >= 15 is 0 Å². The van der Waals surface area contributed by atoms with Crippen LogP contribution in [0.3, 0.4) is 0 Å². The second-order valence-electron chi connectivity index (χ2n) is 7.90. The van der Waals surface area contributed by atoms with Crippen molar-refractivity contribution in [2.45, 2.75) is 19.4 Å². The maximum atomic E-state index is 13.4. The Balaban J connectivity index is 1.52. The van der Waals surface area contributed by atoms with Crippen molar-refractivity contribution < 1.29 is 14.0 Å². The first kappa shape index (κ1) is 19.9. The first-order valence-corrected chi connectivity index (χ1v) is 10.3. The van der Waals surface area contributed by atoms with Gasteiger partial charge in [-0.3, -0.25) is 14.6 Å². The summed E-state index contributed by atoms with van der Waals surface area (Å²) in [6, 6.07) is 9.81. The first-order chi connectivity index (χ1) is 15.5. The van der Waals surface area contributed by atoms with Crippen LogP contribution in [0.5, 0.6) is 0 Å². The van der Waals surface area contributed by atoms with E-state index in [0.29, 0.717) is 37.3 Å².